The number of imidazole rings is 1. The van der Waals surface area contributed by atoms with Crippen LogP contribution in [-0.4, -0.2) is 63.9 Å². The van der Waals surface area contributed by atoms with Crippen molar-refractivity contribution in [2.45, 2.75) is 33.9 Å². The van der Waals surface area contributed by atoms with E-state index < -0.39 is 0 Å². The van der Waals surface area contributed by atoms with Gasteiger partial charge in [0.15, 0.2) is 5.96 Å². The molecule has 1 aromatic heterocycles. The number of halogens is 1. The molecular weight excluding hydrogens is 479 g/mol. The van der Waals surface area contributed by atoms with Gasteiger partial charge in [0.1, 0.15) is 5.82 Å². The molecule has 1 aromatic carbocycles. The molecule has 2 aromatic rings. The molecule has 7 nitrogen and oxygen atoms in total. The summed E-state index contributed by atoms with van der Waals surface area (Å²) in [4.78, 5) is 24.8. The predicted octanol–water partition coefficient (Wildman–Crippen LogP) is 2.49. The summed E-state index contributed by atoms with van der Waals surface area (Å²) < 4.78 is 2.14. The van der Waals surface area contributed by atoms with Gasteiger partial charge in [0, 0.05) is 58.6 Å². The standard InChI is InChI=1S/C21H30N6O.HI/c1-4-22-21(26-12-10-25(11-13-26)18(3)28)24-15-19-6-5-7-20(14-19)16-27-9-8-23-17(27)2;/h5-9,14H,4,10-13,15-16H2,1-3H3,(H,22,24);1H. The molecule has 1 saturated heterocycles. The first-order chi connectivity index (χ1) is 13.6. The molecule has 0 atom stereocenters. The van der Waals surface area contributed by atoms with E-state index >= 15 is 0 Å². The summed E-state index contributed by atoms with van der Waals surface area (Å²) in [5, 5.41) is 3.39. The number of amides is 1. The first kappa shape index (κ1) is 23.2. The minimum Gasteiger partial charge on any atom is -0.357 e. The fourth-order valence-corrected chi connectivity index (χ4v) is 3.42. The quantitative estimate of drug-likeness (QED) is 0.382. The van der Waals surface area contributed by atoms with Crippen molar-refractivity contribution in [3.05, 3.63) is 53.6 Å². The van der Waals surface area contributed by atoms with Crippen LogP contribution in [0.4, 0.5) is 0 Å². The van der Waals surface area contributed by atoms with Gasteiger partial charge >= 0.3 is 0 Å². The van der Waals surface area contributed by atoms with Gasteiger partial charge in [-0.3, -0.25) is 4.79 Å². The number of piperazine rings is 1. The highest BCUT2D eigenvalue weighted by Crippen LogP contribution is 2.11. The van der Waals surface area contributed by atoms with Crippen LogP contribution in [0.15, 0.2) is 41.7 Å². The number of nitrogens with zero attached hydrogens (tertiary/aromatic N) is 5. The van der Waals surface area contributed by atoms with Gasteiger partial charge in [0.2, 0.25) is 5.91 Å². The van der Waals surface area contributed by atoms with E-state index in [0.29, 0.717) is 6.54 Å². The van der Waals surface area contributed by atoms with Gasteiger partial charge in [-0.2, -0.15) is 0 Å². The number of aryl methyl sites for hydroxylation is 1. The van der Waals surface area contributed by atoms with E-state index in [9.17, 15) is 4.79 Å². The van der Waals surface area contributed by atoms with Crippen LogP contribution in [0.5, 0.6) is 0 Å². The molecule has 0 unspecified atom stereocenters. The fourth-order valence-electron chi connectivity index (χ4n) is 3.42. The van der Waals surface area contributed by atoms with Crippen LogP contribution in [0.1, 0.15) is 30.8 Å². The summed E-state index contributed by atoms with van der Waals surface area (Å²) in [5.74, 6) is 2.08. The second-order valence-electron chi connectivity index (χ2n) is 7.09. The molecule has 1 N–H and O–H groups in total. The maximum atomic E-state index is 11.5. The van der Waals surface area contributed by atoms with Crippen molar-refractivity contribution >= 4 is 35.8 Å². The van der Waals surface area contributed by atoms with E-state index in [4.69, 9.17) is 4.99 Å². The summed E-state index contributed by atoms with van der Waals surface area (Å²) in [7, 11) is 0. The second kappa shape index (κ2) is 11.2. The Morgan fingerprint density at radius 3 is 2.48 bits per heavy atom. The molecule has 3 rings (SSSR count). The summed E-state index contributed by atoms with van der Waals surface area (Å²) in [6.45, 7) is 11.1. The molecule has 0 saturated carbocycles. The topological polar surface area (TPSA) is 65.8 Å². The number of carbonyl (C=O) groups excluding carboxylic acids is 1. The SMILES string of the molecule is CCNC(=NCc1cccc(Cn2ccnc2C)c1)N1CCN(C(C)=O)CC1.I. The number of guanidine groups is 1. The molecule has 0 aliphatic carbocycles. The molecule has 0 bridgehead atoms. The molecule has 8 heteroatoms. The second-order valence-corrected chi connectivity index (χ2v) is 7.09. The number of aliphatic imine (C=N–C) groups is 1. The molecule has 2 heterocycles. The zero-order valence-corrected chi connectivity index (χ0v) is 19.8. The zero-order chi connectivity index (χ0) is 19.9. The normalized spacial score (nSPS) is 14.5. The lowest BCUT2D eigenvalue weighted by atomic mass is 10.1. The van der Waals surface area contributed by atoms with Crippen molar-refractivity contribution in [3.8, 4) is 0 Å². The lowest BCUT2D eigenvalue weighted by Crippen LogP contribution is -2.53. The summed E-state index contributed by atoms with van der Waals surface area (Å²) in [5.41, 5.74) is 2.43. The van der Waals surface area contributed by atoms with E-state index in [1.54, 1.807) is 6.92 Å². The Balaban J connectivity index is 0.00000300. The number of benzene rings is 1. The molecule has 1 amide bonds. The third kappa shape index (κ3) is 6.45. The highest BCUT2D eigenvalue weighted by atomic mass is 127. The first-order valence-corrected chi connectivity index (χ1v) is 9.91. The average Bonchev–Trinajstić information content (AvgIpc) is 3.10. The lowest BCUT2D eigenvalue weighted by Gasteiger charge is -2.36. The maximum absolute atomic E-state index is 11.5. The summed E-state index contributed by atoms with van der Waals surface area (Å²) in [6, 6.07) is 8.55. The molecular formula is C21H31IN6O. The zero-order valence-electron chi connectivity index (χ0n) is 17.5. The van der Waals surface area contributed by atoms with Gasteiger partial charge < -0.3 is 19.7 Å². The van der Waals surface area contributed by atoms with Gasteiger partial charge in [-0.25, -0.2) is 9.98 Å². The lowest BCUT2D eigenvalue weighted by molar-refractivity contribution is -0.130. The number of rotatable bonds is 5. The molecule has 1 aliphatic rings. The Bertz CT molecular complexity index is 826. The number of nitrogens with one attached hydrogen (secondary N) is 1. The van der Waals surface area contributed by atoms with Gasteiger partial charge in [-0.15, -0.1) is 24.0 Å². The molecule has 1 aliphatic heterocycles. The van der Waals surface area contributed by atoms with Crippen molar-refractivity contribution in [2.75, 3.05) is 32.7 Å². The van der Waals surface area contributed by atoms with E-state index in [-0.39, 0.29) is 29.9 Å². The van der Waals surface area contributed by atoms with Crippen molar-refractivity contribution < 1.29 is 4.79 Å². The van der Waals surface area contributed by atoms with E-state index in [1.807, 2.05) is 24.2 Å². The Kier molecular flexibility index (Phi) is 8.94. The maximum Gasteiger partial charge on any atom is 0.219 e. The largest absolute Gasteiger partial charge is 0.357 e. The Hall–Kier alpha value is -2.10. The van der Waals surface area contributed by atoms with Crippen molar-refractivity contribution in [2.24, 2.45) is 4.99 Å². The van der Waals surface area contributed by atoms with Crippen LogP contribution < -0.4 is 5.32 Å². The number of hydrogen-bond acceptors (Lipinski definition) is 3. The van der Waals surface area contributed by atoms with Crippen LogP contribution in [0.25, 0.3) is 0 Å². The molecule has 29 heavy (non-hydrogen) atoms. The number of hydrogen-bond donors (Lipinski definition) is 1. The van der Waals surface area contributed by atoms with E-state index in [0.717, 1.165) is 51.1 Å². The minimum absolute atomic E-state index is 0. The Morgan fingerprint density at radius 1 is 1.17 bits per heavy atom. The molecule has 1 fully saturated rings. The summed E-state index contributed by atoms with van der Waals surface area (Å²) in [6.07, 6.45) is 3.84. The van der Waals surface area contributed by atoms with Gasteiger partial charge in [0.05, 0.1) is 6.54 Å². The van der Waals surface area contributed by atoms with Crippen molar-refractivity contribution in [1.82, 2.24) is 24.7 Å². The van der Waals surface area contributed by atoms with Crippen LogP contribution in [0.2, 0.25) is 0 Å². The van der Waals surface area contributed by atoms with Crippen LogP contribution in [0, 0.1) is 6.92 Å². The van der Waals surface area contributed by atoms with E-state index in [1.165, 1.54) is 11.1 Å². The average molecular weight is 510 g/mol. The number of carbonyl (C=O) groups is 1. The third-order valence-electron chi connectivity index (χ3n) is 5.04. The fraction of sp³-hybridized carbons (Fsp3) is 0.476. The Morgan fingerprint density at radius 2 is 1.86 bits per heavy atom. The van der Waals surface area contributed by atoms with Crippen LogP contribution in [-0.2, 0) is 17.9 Å². The van der Waals surface area contributed by atoms with Crippen molar-refractivity contribution in [3.63, 3.8) is 0 Å². The predicted molar refractivity (Wildman–Crippen MR) is 127 cm³/mol. The van der Waals surface area contributed by atoms with Gasteiger partial charge in [0.25, 0.3) is 0 Å². The smallest absolute Gasteiger partial charge is 0.219 e. The molecule has 0 radical (unpaired) electrons. The minimum atomic E-state index is 0. The summed E-state index contributed by atoms with van der Waals surface area (Å²) >= 11 is 0. The van der Waals surface area contributed by atoms with Gasteiger partial charge in [-0.1, -0.05) is 24.3 Å². The third-order valence-corrected chi connectivity index (χ3v) is 5.04. The highest BCUT2D eigenvalue weighted by molar-refractivity contribution is 14.0. The number of aromatic nitrogens is 2. The van der Waals surface area contributed by atoms with Gasteiger partial charge in [-0.05, 0) is 25.0 Å². The van der Waals surface area contributed by atoms with Crippen LogP contribution in [0.3, 0.4) is 0 Å². The molecule has 0 spiro atoms. The van der Waals surface area contributed by atoms with E-state index in [2.05, 4.69) is 51.0 Å². The molecule has 158 valence electrons. The monoisotopic (exact) mass is 510 g/mol. The van der Waals surface area contributed by atoms with Crippen molar-refractivity contribution in [1.29, 1.82) is 0 Å². The first-order valence-electron chi connectivity index (χ1n) is 9.91. The highest BCUT2D eigenvalue weighted by Gasteiger charge is 2.20. The Labute approximate surface area is 190 Å². The van der Waals surface area contributed by atoms with Crippen LogP contribution >= 0.6 is 24.0 Å².